The molecule has 0 spiro atoms. The van der Waals surface area contributed by atoms with Crippen molar-refractivity contribution in [3.8, 4) is 0 Å². The van der Waals surface area contributed by atoms with Gasteiger partial charge >= 0.3 is 0 Å². The minimum Gasteiger partial charge on any atom is -0.371 e. The van der Waals surface area contributed by atoms with Crippen LogP contribution in [0.5, 0.6) is 0 Å². The molecule has 0 aliphatic carbocycles. The Morgan fingerprint density at radius 3 is 2.30 bits per heavy atom. The van der Waals surface area contributed by atoms with Crippen molar-refractivity contribution < 1.29 is 9.59 Å². The van der Waals surface area contributed by atoms with Gasteiger partial charge < -0.3 is 15.1 Å². The normalized spacial score (nSPS) is 14.6. The first-order chi connectivity index (χ1) is 14.4. The highest BCUT2D eigenvalue weighted by Crippen LogP contribution is 2.26. The summed E-state index contributed by atoms with van der Waals surface area (Å²) in [5, 5.41) is 3.17. The number of hydrogen-bond donors (Lipinski definition) is 1. The van der Waals surface area contributed by atoms with Gasteiger partial charge in [-0.3, -0.25) is 9.59 Å². The summed E-state index contributed by atoms with van der Waals surface area (Å²) in [6.07, 6.45) is 2.69. The number of amides is 2. The minimum atomic E-state index is -0.00904. The molecule has 1 aliphatic rings. The van der Waals surface area contributed by atoms with Crippen molar-refractivity contribution in [2.75, 3.05) is 25.0 Å². The molecule has 5 nitrogen and oxygen atoms in total. The van der Waals surface area contributed by atoms with E-state index in [9.17, 15) is 9.59 Å². The highest BCUT2D eigenvalue weighted by molar-refractivity contribution is 6.00. The number of piperidine rings is 1. The van der Waals surface area contributed by atoms with Crippen LogP contribution in [0, 0.1) is 0 Å². The standard InChI is InChI=1S/C25H33N3O2/c1-5-19-10-12-20(13-11-19)24(29)26-21-14-16-28(17-15-21)23-9-7-6-8-22(23)25(30)27(4)18(2)3/h6-13,18,21H,5,14-17H2,1-4H3,(H,26,29). The van der Waals surface area contributed by atoms with Gasteiger partial charge in [0.2, 0.25) is 0 Å². The highest BCUT2D eigenvalue weighted by atomic mass is 16.2. The Kier molecular flexibility index (Phi) is 7.14. The molecular weight excluding hydrogens is 374 g/mol. The van der Waals surface area contributed by atoms with Gasteiger partial charge in [-0.15, -0.1) is 0 Å². The summed E-state index contributed by atoms with van der Waals surface area (Å²) in [5.41, 5.74) is 3.67. The largest absolute Gasteiger partial charge is 0.371 e. The number of para-hydroxylation sites is 1. The van der Waals surface area contributed by atoms with Crippen LogP contribution < -0.4 is 10.2 Å². The third-order valence-electron chi connectivity index (χ3n) is 6.02. The third kappa shape index (κ3) is 5.02. The summed E-state index contributed by atoms with van der Waals surface area (Å²) in [4.78, 5) is 29.5. The van der Waals surface area contributed by atoms with Gasteiger partial charge in [0.15, 0.2) is 0 Å². The molecule has 1 fully saturated rings. The molecule has 0 saturated carbocycles. The van der Waals surface area contributed by atoms with Crippen LogP contribution >= 0.6 is 0 Å². The fourth-order valence-electron chi connectivity index (χ4n) is 3.78. The first-order valence-corrected chi connectivity index (χ1v) is 10.9. The lowest BCUT2D eigenvalue weighted by atomic mass is 10.0. The van der Waals surface area contributed by atoms with Crippen LogP contribution in [0.2, 0.25) is 0 Å². The predicted octanol–water partition coefficient (Wildman–Crippen LogP) is 4.13. The molecule has 30 heavy (non-hydrogen) atoms. The molecule has 1 heterocycles. The molecule has 3 rings (SSSR count). The fourth-order valence-corrected chi connectivity index (χ4v) is 3.78. The Hall–Kier alpha value is -2.82. The highest BCUT2D eigenvalue weighted by Gasteiger charge is 2.25. The van der Waals surface area contributed by atoms with Crippen LogP contribution in [-0.2, 0) is 6.42 Å². The van der Waals surface area contributed by atoms with Gasteiger partial charge in [0.1, 0.15) is 0 Å². The van der Waals surface area contributed by atoms with Crippen molar-refractivity contribution in [3.63, 3.8) is 0 Å². The van der Waals surface area contributed by atoms with E-state index in [-0.39, 0.29) is 23.9 Å². The van der Waals surface area contributed by atoms with E-state index in [1.165, 1.54) is 5.56 Å². The molecular formula is C25H33N3O2. The second-order valence-electron chi connectivity index (χ2n) is 8.31. The smallest absolute Gasteiger partial charge is 0.255 e. The quantitative estimate of drug-likeness (QED) is 0.783. The molecule has 0 unspecified atom stereocenters. The number of hydrogen-bond acceptors (Lipinski definition) is 3. The number of nitrogens with one attached hydrogen (secondary N) is 1. The topological polar surface area (TPSA) is 52.7 Å². The van der Waals surface area contributed by atoms with E-state index < -0.39 is 0 Å². The molecule has 0 aromatic heterocycles. The lowest BCUT2D eigenvalue weighted by Gasteiger charge is -2.35. The summed E-state index contributed by atoms with van der Waals surface area (Å²) in [5.74, 6) is 0.0387. The molecule has 2 aromatic carbocycles. The van der Waals surface area contributed by atoms with Crippen LogP contribution in [-0.4, -0.2) is 48.9 Å². The fraction of sp³-hybridized carbons (Fsp3) is 0.440. The molecule has 0 radical (unpaired) electrons. The first-order valence-electron chi connectivity index (χ1n) is 10.9. The Morgan fingerprint density at radius 2 is 1.70 bits per heavy atom. The van der Waals surface area contributed by atoms with E-state index >= 15 is 0 Å². The molecule has 1 saturated heterocycles. The zero-order valence-corrected chi connectivity index (χ0v) is 18.5. The van der Waals surface area contributed by atoms with Crippen LogP contribution in [0.25, 0.3) is 0 Å². The van der Waals surface area contributed by atoms with E-state index in [1.54, 1.807) is 4.90 Å². The number of anilines is 1. The molecule has 0 bridgehead atoms. The number of rotatable bonds is 6. The second-order valence-corrected chi connectivity index (χ2v) is 8.31. The van der Waals surface area contributed by atoms with Crippen LogP contribution in [0.1, 0.15) is 59.9 Å². The summed E-state index contributed by atoms with van der Waals surface area (Å²) in [7, 11) is 1.85. The van der Waals surface area contributed by atoms with Crippen molar-refractivity contribution in [1.29, 1.82) is 0 Å². The van der Waals surface area contributed by atoms with Crippen LogP contribution in [0.4, 0.5) is 5.69 Å². The molecule has 5 heteroatoms. The van der Waals surface area contributed by atoms with Gasteiger partial charge in [0, 0.05) is 43.5 Å². The Balaban J connectivity index is 1.62. The lowest BCUT2D eigenvalue weighted by molar-refractivity contribution is 0.0755. The summed E-state index contributed by atoms with van der Waals surface area (Å²) in [6.45, 7) is 7.77. The number of nitrogens with zero attached hydrogens (tertiary/aromatic N) is 2. The average molecular weight is 408 g/mol. The van der Waals surface area contributed by atoms with Crippen molar-refractivity contribution >= 4 is 17.5 Å². The van der Waals surface area contributed by atoms with Gasteiger partial charge in [-0.1, -0.05) is 31.2 Å². The number of aryl methyl sites for hydroxylation is 1. The maximum absolute atomic E-state index is 12.9. The maximum Gasteiger partial charge on any atom is 0.255 e. The second kappa shape index (κ2) is 9.79. The summed E-state index contributed by atoms with van der Waals surface area (Å²) >= 11 is 0. The van der Waals surface area contributed by atoms with Crippen LogP contribution in [0.15, 0.2) is 48.5 Å². The van der Waals surface area contributed by atoms with E-state index in [0.29, 0.717) is 5.56 Å². The van der Waals surface area contributed by atoms with Crippen molar-refractivity contribution in [2.24, 2.45) is 0 Å². The SMILES string of the molecule is CCc1ccc(C(=O)NC2CCN(c3ccccc3C(=O)N(C)C(C)C)CC2)cc1. The van der Waals surface area contributed by atoms with Crippen LogP contribution in [0.3, 0.4) is 0 Å². The van der Waals surface area contributed by atoms with Gasteiger partial charge in [0.05, 0.1) is 5.56 Å². The Labute approximate surface area is 180 Å². The van der Waals surface area contributed by atoms with Crippen molar-refractivity contribution in [1.82, 2.24) is 10.2 Å². The first kappa shape index (κ1) is 21.9. The number of benzene rings is 2. The zero-order chi connectivity index (χ0) is 21.7. The van der Waals surface area contributed by atoms with Gasteiger partial charge in [-0.05, 0) is 62.9 Å². The Bertz CT molecular complexity index is 868. The van der Waals surface area contributed by atoms with Crippen molar-refractivity contribution in [2.45, 2.75) is 52.1 Å². The summed E-state index contributed by atoms with van der Waals surface area (Å²) in [6, 6.07) is 16.0. The average Bonchev–Trinajstić information content (AvgIpc) is 2.78. The van der Waals surface area contributed by atoms with E-state index in [0.717, 1.165) is 43.6 Å². The van der Waals surface area contributed by atoms with Gasteiger partial charge in [-0.2, -0.15) is 0 Å². The van der Waals surface area contributed by atoms with Gasteiger partial charge in [0.25, 0.3) is 11.8 Å². The molecule has 1 aliphatic heterocycles. The molecule has 1 N–H and O–H groups in total. The van der Waals surface area contributed by atoms with Gasteiger partial charge in [-0.25, -0.2) is 0 Å². The molecule has 2 aromatic rings. The molecule has 160 valence electrons. The minimum absolute atomic E-state index is 0.00904. The Morgan fingerprint density at radius 1 is 1.07 bits per heavy atom. The maximum atomic E-state index is 12.9. The zero-order valence-electron chi connectivity index (χ0n) is 18.5. The van der Waals surface area contributed by atoms with Crippen molar-refractivity contribution in [3.05, 3.63) is 65.2 Å². The van der Waals surface area contributed by atoms with E-state index in [1.807, 2.05) is 69.4 Å². The molecule has 2 amide bonds. The summed E-state index contributed by atoms with van der Waals surface area (Å²) < 4.78 is 0. The monoisotopic (exact) mass is 407 g/mol. The van der Waals surface area contributed by atoms with E-state index in [2.05, 4.69) is 17.1 Å². The predicted molar refractivity (Wildman–Crippen MR) is 122 cm³/mol. The third-order valence-corrected chi connectivity index (χ3v) is 6.02. The lowest BCUT2D eigenvalue weighted by Crippen LogP contribution is -2.45. The number of carbonyl (C=O) groups excluding carboxylic acids is 2. The number of carbonyl (C=O) groups is 2. The van der Waals surface area contributed by atoms with E-state index in [4.69, 9.17) is 0 Å². The molecule has 0 atom stereocenters.